The summed E-state index contributed by atoms with van der Waals surface area (Å²) >= 11 is 0. The van der Waals surface area contributed by atoms with Gasteiger partial charge >= 0.3 is 18.1 Å². The summed E-state index contributed by atoms with van der Waals surface area (Å²) < 4.78 is 45.8. The largest absolute Gasteiger partial charge is 0.437 e. The van der Waals surface area contributed by atoms with Gasteiger partial charge in [0.25, 0.3) is 0 Å². The van der Waals surface area contributed by atoms with Gasteiger partial charge in [0.2, 0.25) is 5.72 Å². The van der Waals surface area contributed by atoms with Crippen LogP contribution in [0.15, 0.2) is 41.1 Å². The molecule has 0 bridgehead atoms. The molecule has 13 heteroatoms. The zero-order valence-corrected chi connectivity index (χ0v) is 13.6. The van der Waals surface area contributed by atoms with Gasteiger partial charge in [-0.15, -0.1) is 0 Å². The maximum Gasteiger partial charge on any atom is 0.437 e. The molecular weight excluding hydrogens is 389 g/mol. The number of ketones is 1. The van der Waals surface area contributed by atoms with E-state index in [-0.39, 0.29) is 5.56 Å². The SMILES string of the molecule is O=C1N[C@@H](c2ccc([N+](=O)[O-])o2)[C@H](C(=O)c2cccnc2)[C@](O)(C(F)(F)F)N1. The van der Waals surface area contributed by atoms with Crippen LogP contribution < -0.4 is 10.6 Å². The number of aliphatic hydroxyl groups is 1. The maximum absolute atomic E-state index is 13.6. The molecule has 3 N–H and O–H groups in total. The fourth-order valence-corrected chi connectivity index (χ4v) is 2.87. The number of nitrogens with zero attached hydrogens (tertiary/aromatic N) is 2. The highest BCUT2D eigenvalue weighted by atomic mass is 19.4. The summed E-state index contributed by atoms with van der Waals surface area (Å²) in [6.45, 7) is 0. The van der Waals surface area contributed by atoms with Crippen molar-refractivity contribution in [3.05, 3.63) is 58.1 Å². The molecule has 10 nitrogen and oxygen atoms in total. The number of nitrogens with one attached hydrogen (secondary N) is 2. The van der Waals surface area contributed by atoms with Crippen LogP contribution in [0.4, 0.5) is 23.8 Å². The first kappa shape index (κ1) is 19.3. The summed E-state index contributed by atoms with van der Waals surface area (Å²) in [7, 11) is 0. The van der Waals surface area contributed by atoms with E-state index in [4.69, 9.17) is 4.42 Å². The monoisotopic (exact) mass is 400 g/mol. The number of carbonyl (C=O) groups excluding carboxylic acids is 2. The van der Waals surface area contributed by atoms with Crippen LogP contribution in [-0.4, -0.2) is 38.7 Å². The molecule has 1 aliphatic heterocycles. The number of pyridine rings is 1. The lowest BCUT2D eigenvalue weighted by molar-refractivity contribution is -0.402. The topological polar surface area (TPSA) is 148 Å². The van der Waals surface area contributed by atoms with Gasteiger partial charge in [0, 0.05) is 18.0 Å². The van der Waals surface area contributed by atoms with Crippen molar-refractivity contribution in [1.29, 1.82) is 0 Å². The van der Waals surface area contributed by atoms with Crippen LogP contribution in [0.1, 0.15) is 22.2 Å². The summed E-state index contributed by atoms with van der Waals surface area (Å²) in [6.07, 6.45) is -3.19. The molecule has 0 aliphatic carbocycles. The number of urea groups is 1. The number of hydrogen-bond acceptors (Lipinski definition) is 7. The van der Waals surface area contributed by atoms with Gasteiger partial charge in [0.1, 0.15) is 22.6 Å². The number of Topliss-reactive ketones (excluding diaryl/α,β-unsaturated/α-hetero) is 1. The Kier molecular flexibility index (Phi) is 4.54. The Morgan fingerprint density at radius 3 is 2.61 bits per heavy atom. The molecule has 3 atom stereocenters. The molecule has 3 rings (SSSR count). The normalized spacial score (nSPS) is 24.9. The lowest BCUT2D eigenvalue weighted by Gasteiger charge is -2.44. The summed E-state index contributed by atoms with van der Waals surface area (Å²) in [6, 6.07) is 0.961. The predicted molar refractivity (Wildman–Crippen MR) is 82.8 cm³/mol. The Morgan fingerprint density at radius 1 is 1.36 bits per heavy atom. The number of halogens is 3. The molecule has 148 valence electrons. The Bertz CT molecular complexity index is 931. The molecule has 0 spiro atoms. The second-order valence-electron chi connectivity index (χ2n) is 5.86. The molecule has 0 unspecified atom stereocenters. The fourth-order valence-electron chi connectivity index (χ4n) is 2.87. The number of nitro groups is 1. The summed E-state index contributed by atoms with van der Waals surface area (Å²) in [5.41, 5.74) is -4.24. The van der Waals surface area contributed by atoms with Crippen LogP contribution in [0.3, 0.4) is 0 Å². The van der Waals surface area contributed by atoms with Crippen molar-refractivity contribution in [2.45, 2.75) is 17.9 Å². The number of carbonyl (C=O) groups is 2. The smallest absolute Gasteiger partial charge is 0.404 e. The molecule has 28 heavy (non-hydrogen) atoms. The minimum Gasteiger partial charge on any atom is -0.404 e. The van der Waals surface area contributed by atoms with E-state index >= 15 is 0 Å². The molecule has 1 saturated heterocycles. The van der Waals surface area contributed by atoms with Gasteiger partial charge in [-0.1, -0.05) is 0 Å². The van der Waals surface area contributed by atoms with E-state index in [1.807, 2.05) is 5.32 Å². The van der Waals surface area contributed by atoms with Crippen molar-refractivity contribution in [3.63, 3.8) is 0 Å². The quantitative estimate of drug-likeness (QED) is 0.402. The third-order valence-corrected chi connectivity index (χ3v) is 4.13. The van der Waals surface area contributed by atoms with Crippen LogP contribution >= 0.6 is 0 Å². The van der Waals surface area contributed by atoms with E-state index in [2.05, 4.69) is 4.98 Å². The Morgan fingerprint density at radius 2 is 2.07 bits per heavy atom. The van der Waals surface area contributed by atoms with E-state index in [0.29, 0.717) is 0 Å². The van der Waals surface area contributed by atoms with Crippen molar-refractivity contribution in [3.8, 4) is 0 Å². The molecule has 3 heterocycles. The van der Waals surface area contributed by atoms with Crippen molar-refractivity contribution in [1.82, 2.24) is 15.6 Å². The highest BCUT2D eigenvalue weighted by Gasteiger charge is 2.67. The average Bonchev–Trinajstić information content (AvgIpc) is 3.11. The first-order chi connectivity index (χ1) is 13.0. The highest BCUT2D eigenvalue weighted by Crippen LogP contribution is 2.44. The van der Waals surface area contributed by atoms with Crippen LogP contribution in [0.2, 0.25) is 0 Å². The molecule has 0 aromatic carbocycles. The third kappa shape index (κ3) is 3.15. The summed E-state index contributed by atoms with van der Waals surface area (Å²) in [5, 5.41) is 24.5. The number of rotatable bonds is 4. The van der Waals surface area contributed by atoms with E-state index in [9.17, 15) is 38.0 Å². The molecular formula is C15H11F3N4O6. The number of furan rings is 1. The lowest BCUT2D eigenvalue weighted by Crippen LogP contribution is -2.72. The average molecular weight is 400 g/mol. The van der Waals surface area contributed by atoms with Crippen molar-refractivity contribution >= 4 is 17.7 Å². The number of hydrogen-bond donors (Lipinski definition) is 3. The van der Waals surface area contributed by atoms with Gasteiger partial charge in [-0.3, -0.25) is 19.9 Å². The van der Waals surface area contributed by atoms with Gasteiger partial charge in [0.15, 0.2) is 5.78 Å². The molecule has 1 aliphatic rings. The zero-order valence-electron chi connectivity index (χ0n) is 13.6. The molecule has 1 fully saturated rings. The third-order valence-electron chi connectivity index (χ3n) is 4.13. The van der Waals surface area contributed by atoms with Gasteiger partial charge < -0.3 is 20.2 Å². The van der Waals surface area contributed by atoms with Crippen molar-refractivity contribution in [2.24, 2.45) is 5.92 Å². The fraction of sp³-hybridized carbons (Fsp3) is 0.267. The van der Waals surface area contributed by atoms with Crippen molar-refractivity contribution < 1.29 is 37.2 Å². The molecule has 2 amide bonds. The van der Waals surface area contributed by atoms with Gasteiger partial charge in [-0.25, -0.2) is 4.79 Å². The highest BCUT2D eigenvalue weighted by molar-refractivity contribution is 6.00. The minimum atomic E-state index is -5.45. The summed E-state index contributed by atoms with van der Waals surface area (Å²) in [4.78, 5) is 38.1. The minimum absolute atomic E-state index is 0.279. The first-order valence-corrected chi connectivity index (χ1v) is 7.60. The molecule has 2 aromatic rings. The van der Waals surface area contributed by atoms with Crippen LogP contribution in [-0.2, 0) is 0 Å². The Labute approximate surface area is 153 Å². The number of alkyl halides is 3. The van der Waals surface area contributed by atoms with E-state index in [0.717, 1.165) is 18.3 Å². The number of aromatic nitrogens is 1. The van der Waals surface area contributed by atoms with Crippen LogP contribution in [0.25, 0.3) is 0 Å². The van der Waals surface area contributed by atoms with E-state index in [1.54, 1.807) is 0 Å². The standard InChI is InChI=1S/C15H11F3N4O6/c16-15(17,18)14(25)10(12(23)7-2-1-5-19-6-7)11(20-13(24)21-14)8-3-4-9(28-8)22(26)27/h1-6,10-11,25H,(H2,20,21,24)/t10-,11+,14+/m1/s1. The zero-order chi connectivity index (χ0) is 20.7. The first-order valence-electron chi connectivity index (χ1n) is 7.60. The maximum atomic E-state index is 13.6. The van der Waals surface area contributed by atoms with Gasteiger partial charge in [-0.2, -0.15) is 13.2 Å². The predicted octanol–water partition coefficient (Wildman–Crippen LogP) is 1.69. The second-order valence-corrected chi connectivity index (χ2v) is 5.86. The molecule has 0 saturated carbocycles. The Hall–Kier alpha value is -3.48. The van der Waals surface area contributed by atoms with Gasteiger partial charge in [-0.05, 0) is 18.2 Å². The van der Waals surface area contributed by atoms with Crippen LogP contribution in [0, 0.1) is 16.0 Å². The van der Waals surface area contributed by atoms with Crippen molar-refractivity contribution in [2.75, 3.05) is 0 Å². The lowest BCUT2D eigenvalue weighted by atomic mass is 9.79. The Balaban J connectivity index is 2.15. The van der Waals surface area contributed by atoms with Gasteiger partial charge in [0.05, 0.1) is 6.07 Å². The summed E-state index contributed by atoms with van der Waals surface area (Å²) in [5.74, 6) is -4.90. The molecule has 0 radical (unpaired) electrons. The van der Waals surface area contributed by atoms with E-state index < -0.39 is 52.2 Å². The van der Waals surface area contributed by atoms with E-state index in [1.165, 1.54) is 23.6 Å². The van der Waals surface area contributed by atoms with Crippen LogP contribution in [0.5, 0.6) is 0 Å². The molecule has 2 aromatic heterocycles. The second kappa shape index (κ2) is 6.60. The number of amides is 2.